The van der Waals surface area contributed by atoms with E-state index in [2.05, 4.69) is 0 Å². The number of benzene rings is 1. The highest BCUT2D eigenvalue weighted by atomic mass is 35.5. The first-order valence-electron chi connectivity index (χ1n) is 4.99. The zero-order valence-electron chi connectivity index (χ0n) is 8.22. The van der Waals surface area contributed by atoms with Gasteiger partial charge in [0.1, 0.15) is 0 Å². The Morgan fingerprint density at radius 3 is 2.71 bits per heavy atom. The van der Waals surface area contributed by atoms with E-state index in [0.29, 0.717) is 10.6 Å². The Bertz CT molecular complexity index is 367. The molecule has 1 saturated carbocycles. The maximum absolute atomic E-state index is 11.9. The van der Waals surface area contributed by atoms with Crippen molar-refractivity contribution in [2.24, 2.45) is 5.92 Å². The lowest BCUT2D eigenvalue weighted by Crippen LogP contribution is -2.22. The van der Waals surface area contributed by atoms with Crippen molar-refractivity contribution in [1.82, 2.24) is 0 Å². The maximum Gasteiger partial charge on any atom is 0.167 e. The quantitative estimate of drug-likeness (QED) is 0.679. The molecular weight excluding hydrogens is 196 g/mol. The van der Waals surface area contributed by atoms with E-state index in [-0.39, 0.29) is 11.7 Å². The number of carbonyl (C=O) groups is 1. The summed E-state index contributed by atoms with van der Waals surface area (Å²) in [6, 6.07) is 5.63. The number of rotatable bonds is 2. The van der Waals surface area contributed by atoms with E-state index in [1.165, 1.54) is 6.42 Å². The summed E-state index contributed by atoms with van der Waals surface area (Å²) in [5.41, 5.74) is 1.80. The van der Waals surface area contributed by atoms with Crippen molar-refractivity contribution in [3.63, 3.8) is 0 Å². The Hall–Kier alpha value is -0.820. The first kappa shape index (κ1) is 9.72. The van der Waals surface area contributed by atoms with Crippen LogP contribution in [0.1, 0.15) is 35.2 Å². The standard InChI is InChI=1S/C12H13ClO/c1-8-5-6-11(13)10(7-8)12(14)9-3-2-4-9/h5-7,9H,2-4H2,1H3. The third-order valence-electron chi connectivity index (χ3n) is 2.86. The predicted molar refractivity (Wildman–Crippen MR) is 57.9 cm³/mol. The van der Waals surface area contributed by atoms with Gasteiger partial charge in [-0.1, -0.05) is 29.7 Å². The molecule has 0 amide bonds. The van der Waals surface area contributed by atoms with Crippen molar-refractivity contribution in [2.45, 2.75) is 26.2 Å². The van der Waals surface area contributed by atoms with Gasteiger partial charge < -0.3 is 0 Å². The van der Waals surface area contributed by atoms with Gasteiger partial charge in [-0.05, 0) is 31.9 Å². The largest absolute Gasteiger partial charge is 0.294 e. The fourth-order valence-electron chi connectivity index (χ4n) is 1.72. The minimum Gasteiger partial charge on any atom is -0.294 e. The van der Waals surface area contributed by atoms with E-state index in [9.17, 15) is 4.79 Å². The molecule has 1 aliphatic carbocycles. The molecule has 2 rings (SSSR count). The molecule has 2 heteroatoms. The van der Waals surface area contributed by atoms with Crippen LogP contribution < -0.4 is 0 Å². The van der Waals surface area contributed by atoms with Crippen LogP contribution in [0.4, 0.5) is 0 Å². The molecule has 0 unspecified atom stereocenters. The maximum atomic E-state index is 11.9. The number of carbonyl (C=O) groups excluding carboxylic acids is 1. The summed E-state index contributed by atoms with van der Waals surface area (Å²) in [4.78, 5) is 11.9. The average Bonchev–Trinajstić information content (AvgIpc) is 2.06. The van der Waals surface area contributed by atoms with E-state index in [4.69, 9.17) is 11.6 Å². The lowest BCUT2D eigenvalue weighted by molar-refractivity contribution is 0.0855. The Balaban J connectivity index is 2.29. The molecular formula is C12H13ClO. The molecule has 0 atom stereocenters. The zero-order valence-corrected chi connectivity index (χ0v) is 8.97. The van der Waals surface area contributed by atoms with E-state index < -0.39 is 0 Å². The van der Waals surface area contributed by atoms with Crippen molar-refractivity contribution < 1.29 is 4.79 Å². The van der Waals surface area contributed by atoms with Crippen LogP contribution in [0, 0.1) is 12.8 Å². The van der Waals surface area contributed by atoms with Crippen LogP contribution in [0.25, 0.3) is 0 Å². The molecule has 1 nitrogen and oxygen atoms in total. The van der Waals surface area contributed by atoms with Gasteiger partial charge in [0.25, 0.3) is 0 Å². The molecule has 74 valence electrons. The van der Waals surface area contributed by atoms with Gasteiger partial charge in [-0.15, -0.1) is 0 Å². The smallest absolute Gasteiger partial charge is 0.167 e. The second-order valence-corrected chi connectivity index (χ2v) is 4.38. The normalized spacial score (nSPS) is 16.4. The topological polar surface area (TPSA) is 17.1 Å². The van der Waals surface area contributed by atoms with Crippen LogP contribution in [0.3, 0.4) is 0 Å². The number of aryl methyl sites for hydroxylation is 1. The molecule has 0 radical (unpaired) electrons. The molecule has 1 aromatic rings. The highest BCUT2D eigenvalue weighted by molar-refractivity contribution is 6.34. The van der Waals surface area contributed by atoms with Gasteiger partial charge in [-0.3, -0.25) is 4.79 Å². The molecule has 14 heavy (non-hydrogen) atoms. The van der Waals surface area contributed by atoms with E-state index in [1.54, 1.807) is 0 Å². The summed E-state index contributed by atoms with van der Waals surface area (Å²) < 4.78 is 0. The van der Waals surface area contributed by atoms with Crippen LogP contribution in [-0.4, -0.2) is 5.78 Å². The summed E-state index contributed by atoms with van der Waals surface area (Å²) in [7, 11) is 0. The molecule has 0 heterocycles. The molecule has 0 saturated heterocycles. The summed E-state index contributed by atoms with van der Waals surface area (Å²) in [6.07, 6.45) is 3.24. The van der Waals surface area contributed by atoms with Crippen molar-refractivity contribution in [1.29, 1.82) is 0 Å². The number of halogens is 1. The third-order valence-corrected chi connectivity index (χ3v) is 3.19. The molecule has 0 spiro atoms. The van der Waals surface area contributed by atoms with Crippen molar-refractivity contribution in [3.05, 3.63) is 34.3 Å². The first-order chi connectivity index (χ1) is 6.68. The number of hydrogen-bond acceptors (Lipinski definition) is 1. The molecule has 1 fully saturated rings. The molecule has 0 aromatic heterocycles. The predicted octanol–water partition coefficient (Wildman–Crippen LogP) is 3.63. The lowest BCUT2D eigenvalue weighted by Gasteiger charge is -2.24. The van der Waals surface area contributed by atoms with Crippen molar-refractivity contribution in [2.75, 3.05) is 0 Å². The van der Waals surface area contributed by atoms with Crippen molar-refractivity contribution in [3.8, 4) is 0 Å². The number of ketones is 1. The number of hydrogen-bond donors (Lipinski definition) is 0. The molecule has 1 aromatic carbocycles. The SMILES string of the molecule is Cc1ccc(Cl)c(C(=O)C2CCC2)c1. The minimum atomic E-state index is 0.227. The van der Waals surface area contributed by atoms with E-state index in [1.807, 2.05) is 25.1 Å². The fraction of sp³-hybridized carbons (Fsp3) is 0.417. The molecule has 0 aliphatic heterocycles. The van der Waals surface area contributed by atoms with Crippen LogP contribution >= 0.6 is 11.6 Å². The molecule has 0 N–H and O–H groups in total. The van der Waals surface area contributed by atoms with Crippen LogP contribution in [0.2, 0.25) is 5.02 Å². The van der Waals surface area contributed by atoms with E-state index >= 15 is 0 Å². The summed E-state index contributed by atoms with van der Waals surface area (Å²) in [6.45, 7) is 1.98. The Morgan fingerprint density at radius 1 is 1.43 bits per heavy atom. The van der Waals surface area contributed by atoms with Gasteiger partial charge in [-0.25, -0.2) is 0 Å². The number of Topliss-reactive ketones (excluding diaryl/α,β-unsaturated/α-hetero) is 1. The Morgan fingerprint density at radius 2 is 2.14 bits per heavy atom. The third kappa shape index (κ3) is 1.69. The Kier molecular flexibility index (Phi) is 2.60. The van der Waals surface area contributed by atoms with Gasteiger partial charge in [0.2, 0.25) is 0 Å². The summed E-state index contributed by atoms with van der Waals surface area (Å²) in [5, 5.41) is 0.590. The van der Waals surface area contributed by atoms with Crippen LogP contribution in [0.5, 0.6) is 0 Å². The van der Waals surface area contributed by atoms with Crippen LogP contribution in [-0.2, 0) is 0 Å². The fourth-order valence-corrected chi connectivity index (χ4v) is 1.93. The van der Waals surface area contributed by atoms with Gasteiger partial charge in [0.05, 0.1) is 5.02 Å². The highest BCUT2D eigenvalue weighted by Crippen LogP contribution is 2.32. The molecule has 1 aliphatic rings. The molecule has 0 bridgehead atoms. The lowest BCUT2D eigenvalue weighted by atomic mass is 9.80. The summed E-state index contributed by atoms with van der Waals surface area (Å²) in [5.74, 6) is 0.458. The van der Waals surface area contributed by atoms with Crippen molar-refractivity contribution >= 4 is 17.4 Å². The highest BCUT2D eigenvalue weighted by Gasteiger charge is 2.27. The minimum absolute atomic E-state index is 0.227. The average molecular weight is 209 g/mol. The van der Waals surface area contributed by atoms with Gasteiger partial charge in [0, 0.05) is 11.5 Å². The van der Waals surface area contributed by atoms with Crippen LogP contribution in [0.15, 0.2) is 18.2 Å². The second kappa shape index (κ2) is 3.74. The first-order valence-corrected chi connectivity index (χ1v) is 5.36. The second-order valence-electron chi connectivity index (χ2n) is 3.98. The monoisotopic (exact) mass is 208 g/mol. The summed E-state index contributed by atoms with van der Waals surface area (Å²) >= 11 is 6.00. The van der Waals surface area contributed by atoms with Gasteiger partial charge >= 0.3 is 0 Å². The Labute approximate surface area is 89.1 Å². The zero-order chi connectivity index (χ0) is 10.1. The van der Waals surface area contributed by atoms with E-state index in [0.717, 1.165) is 18.4 Å². The van der Waals surface area contributed by atoms with Gasteiger partial charge in [-0.2, -0.15) is 0 Å². The van der Waals surface area contributed by atoms with Gasteiger partial charge in [0.15, 0.2) is 5.78 Å².